The summed E-state index contributed by atoms with van der Waals surface area (Å²) in [5.41, 5.74) is 10.3. The van der Waals surface area contributed by atoms with Gasteiger partial charge < -0.3 is 45.8 Å². The molecule has 15 heteroatoms. The fraction of sp³-hybridized carbons (Fsp3) is 0.643. The first-order valence-corrected chi connectivity index (χ1v) is 14.5. The summed E-state index contributed by atoms with van der Waals surface area (Å²) in [6, 6.07) is -2.46. The standard InChI is InChI=1S/C28H38N4O11/c1-3-5-17(31-27(37)41-21-15-9-7-13(11-15)19(21)39-25(29)35)23(33)43-24(34)18(6-4-2)32-28(38)42-22-16-10-8-14(12-16)20(22)40-26(30)36/h7-10,13-22H,3-6,11-12H2,1-2H3,(H2,29,35)(H2,30,36)(H,31,37)(H,32,38). The van der Waals surface area contributed by atoms with E-state index in [-0.39, 0.29) is 36.5 Å². The maximum Gasteiger partial charge on any atom is 0.408 e. The van der Waals surface area contributed by atoms with Crippen LogP contribution in [0.25, 0.3) is 0 Å². The molecule has 0 aromatic heterocycles. The van der Waals surface area contributed by atoms with E-state index in [1.807, 2.05) is 24.3 Å². The van der Waals surface area contributed by atoms with Crippen molar-refractivity contribution in [2.75, 3.05) is 0 Å². The van der Waals surface area contributed by atoms with Crippen LogP contribution in [0.1, 0.15) is 52.4 Å². The van der Waals surface area contributed by atoms with Crippen molar-refractivity contribution in [2.45, 2.75) is 88.9 Å². The highest BCUT2D eigenvalue weighted by molar-refractivity contribution is 5.93. The minimum Gasteiger partial charge on any atom is -0.442 e. The Labute approximate surface area is 248 Å². The van der Waals surface area contributed by atoms with Crippen molar-refractivity contribution in [3.05, 3.63) is 24.3 Å². The molecule has 0 radical (unpaired) electrons. The van der Waals surface area contributed by atoms with E-state index in [1.165, 1.54) is 0 Å². The number of hydrogen-bond acceptors (Lipinski definition) is 11. The van der Waals surface area contributed by atoms with Gasteiger partial charge in [0.05, 0.1) is 0 Å². The molecule has 0 aromatic carbocycles. The van der Waals surface area contributed by atoms with Crippen molar-refractivity contribution >= 4 is 36.3 Å². The van der Waals surface area contributed by atoms with Gasteiger partial charge in [-0.3, -0.25) is 0 Å². The molecule has 0 heterocycles. The smallest absolute Gasteiger partial charge is 0.408 e. The SMILES string of the molecule is CCCC(NC(=O)OC1C2C=CC(C2)C1OC(N)=O)C(=O)OC(=O)C(CCC)NC(=O)OC1C2C=CC(C2)C1OC(N)=O. The van der Waals surface area contributed by atoms with Gasteiger partial charge >= 0.3 is 36.3 Å². The summed E-state index contributed by atoms with van der Waals surface area (Å²) in [6.45, 7) is 3.54. The largest absolute Gasteiger partial charge is 0.442 e. The summed E-state index contributed by atoms with van der Waals surface area (Å²) in [6.07, 6.45) is 2.94. The van der Waals surface area contributed by atoms with E-state index in [9.17, 15) is 28.8 Å². The van der Waals surface area contributed by atoms with Crippen molar-refractivity contribution < 1.29 is 52.5 Å². The topological polar surface area (TPSA) is 225 Å². The Kier molecular flexibility index (Phi) is 10.1. The van der Waals surface area contributed by atoms with Crippen molar-refractivity contribution in [2.24, 2.45) is 35.1 Å². The van der Waals surface area contributed by atoms with Crippen molar-refractivity contribution in [1.29, 1.82) is 0 Å². The molecule has 6 N–H and O–H groups in total. The van der Waals surface area contributed by atoms with Gasteiger partial charge in [0.15, 0.2) is 0 Å². The Balaban J connectivity index is 1.32. The van der Waals surface area contributed by atoms with Gasteiger partial charge in [-0.05, 0) is 25.7 Å². The average molecular weight is 607 g/mol. The Morgan fingerprint density at radius 1 is 0.628 bits per heavy atom. The third-order valence-electron chi connectivity index (χ3n) is 8.14. The number of esters is 2. The normalized spacial score (nSPS) is 30.7. The molecule has 2 saturated carbocycles. The number of rotatable bonds is 12. The molecule has 0 spiro atoms. The zero-order valence-corrected chi connectivity index (χ0v) is 24.0. The minimum absolute atomic E-state index is 0.131. The van der Waals surface area contributed by atoms with Gasteiger partial charge in [-0.15, -0.1) is 0 Å². The molecule has 4 bridgehead atoms. The lowest BCUT2D eigenvalue weighted by molar-refractivity contribution is -0.163. The van der Waals surface area contributed by atoms with Gasteiger partial charge in [0, 0.05) is 23.7 Å². The molecular weight excluding hydrogens is 568 g/mol. The summed E-state index contributed by atoms with van der Waals surface area (Å²) in [7, 11) is 0. The number of nitrogens with one attached hydrogen (secondary N) is 2. The summed E-state index contributed by atoms with van der Waals surface area (Å²) < 4.78 is 26.3. The maximum absolute atomic E-state index is 12.9. The lowest BCUT2D eigenvalue weighted by atomic mass is 10.0. The van der Waals surface area contributed by atoms with Crippen LogP contribution < -0.4 is 22.1 Å². The quantitative estimate of drug-likeness (QED) is 0.109. The average Bonchev–Trinajstić information content (AvgIpc) is 3.72. The summed E-state index contributed by atoms with van der Waals surface area (Å²) in [5.74, 6) is -2.70. The molecule has 0 saturated heterocycles. The van der Waals surface area contributed by atoms with E-state index in [1.54, 1.807) is 13.8 Å². The van der Waals surface area contributed by atoms with E-state index in [4.69, 9.17) is 35.2 Å². The zero-order valence-electron chi connectivity index (χ0n) is 24.0. The Morgan fingerprint density at radius 3 is 1.26 bits per heavy atom. The number of fused-ring (bicyclic) bond motifs is 4. The van der Waals surface area contributed by atoms with Crippen LogP contribution in [0.2, 0.25) is 0 Å². The fourth-order valence-corrected chi connectivity index (χ4v) is 6.27. The first-order valence-electron chi connectivity index (χ1n) is 14.5. The fourth-order valence-electron chi connectivity index (χ4n) is 6.27. The molecule has 10 atom stereocenters. The van der Waals surface area contributed by atoms with Crippen LogP contribution >= 0.6 is 0 Å². The minimum atomic E-state index is -1.23. The van der Waals surface area contributed by atoms with Crippen LogP contribution in [0.15, 0.2) is 24.3 Å². The van der Waals surface area contributed by atoms with Crippen molar-refractivity contribution in [3.63, 3.8) is 0 Å². The third kappa shape index (κ3) is 7.56. The van der Waals surface area contributed by atoms with Crippen molar-refractivity contribution in [1.82, 2.24) is 10.6 Å². The van der Waals surface area contributed by atoms with E-state index < -0.39 is 72.8 Å². The highest BCUT2D eigenvalue weighted by Crippen LogP contribution is 2.43. The molecule has 43 heavy (non-hydrogen) atoms. The molecule has 0 aromatic rings. The second-order valence-corrected chi connectivity index (χ2v) is 11.2. The molecule has 236 valence electrons. The van der Waals surface area contributed by atoms with Crippen LogP contribution in [-0.4, -0.2) is 72.8 Å². The van der Waals surface area contributed by atoms with Gasteiger partial charge in [-0.2, -0.15) is 0 Å². The highest BCUT2D eigenvalue weighted by atomic mass is 16.6. The van der Waals surface area contributed by atoms with Crippen LogP contribution in [-0.2, 0) is 33.3 Å². The number of carbonyl (C=O) groups is 6. The number of ether oxygens (including phenoxy) is 5. The Hall–Kier alpha value is -4.30. The highest BCUT2D eigenvalue weighted by Gasteiger charge is 2.50. The van der Waals surface area contributed by atoms with Crippen LogP contribution in [0.4, 0.5) is 19.2 Å². The van der Waals surface area contributed by atoms with Crippen LogP contribution in [0.3, 0.4) is 0 Å². The van der Waals surface area contributed by atoms with E-state index in [2.05, 4.69) is 10.6 Å². The molecule has 15 nitrogen and oxygen atoms in total. The molecule has 4 aliphatic carbocycles. The zero-order chi connectivity index (χ0) is 31.3. The summed E-state index contributed by atoms with van der Waals surface area (Å²) >= 11 is 0. The van der Waals surface area contributed by atoms with Gasteiger partial charge in [-0.1, -0.05) is 51.0 Å². The van der Waals surface area contributed by atoms with E-state index >= 15 is 0 Å². The number of nitrogens with two attached hydrogens (primary N) is 2. The van der Waals surface area contributed by atoms with Gasteiger partial charge in [0.2, 0.25) is 0 Å². The predicted molar refractivity (Wildman–Crippen MR) is 146 cm³/mol. The number of primary amides is 2. The predicted octanol–water partition coefficient (Wildman–Crippen LogP) is 1.92. The van der Waals surface area contributed by atoms with Crippen LogP contribution in [0.5, 0.6) is 0 Å². The number of alkyl carbamates (subject to hydrolysis) is 2. The van der Waals surface area contributed by atoms with Gasteiger partial charge in [0.1, 0.15) is 36.5 Å². The summed E-state index contributed by atoms with van der Waals surface area (Å²) in [4.78, 5) is 74.0. The first-order chi connectivity index (χ1) is 20.5. The molecule has 10 unspecified atom stereocenters. The van der Waals surface area contributed by atoms with Crippen molar-refractivity contribution in [3.8, 4) is 0 Å². The molecule has 4 rings (SSSR count). The van der Waals surface area contributed by atoms with Gasteiger partial charge in [0.25, 0.3) is 0 Å². The van der Waals surface area contributed by atoms with Gasteiger partial charge in [-0.25, -0.2) is 28.8 Å². The van der Waals surface area contributed by atoms with E-state index in [0.29, 0.717) is 25.7 Å². The molecule has 0 aliphatic heterocycles. The molecular formula is C28H38N4O11. The number of hydrogen-bond donors (Lipinski definition) is 4. The lowest BCUT2D eigenvalue weighted by Gasteiger charge is -2.28. The Bertz CT molecular complexity index is 1090. The van der Waals surface area contributed by atoms with Crippen LogP contribution in [0, 0.1) is 23.7 Å². The second kappa shape index (κ2) is 13.8. The third-order valence-corrected chi connectivity index (χ3v) is 8.14. The number of carbonyl (C=O) groups excluding carboxylic acids is 6. The molecule has 4 aliphatic rings. The first kappa shape index (κ1) is 31.6. The lowest BCUT2D eigenvalue weighted by Crippen LogP contribution is -2.49. The molecule has 4 amide bonds. The maximum atomic E-state index is 12.9. The molecule has 2 fully saturated rings. The Morgan fingerprint density at radius 2 is 0.953 bits per heavy atom. The number of amides is 4. The summed E-state index contributed by atoms with van der Waals surface area (Å²) in [5, 5.41) is 4.85. The van der Waals surface area contributed by atoms with E-state index in [0.717, 1.165) is 0 Å². The second-order valence-electron chi connectivity index (χ2n) is 11.2. The monoisotopic (exact) mass is 606 g/mol.